The van der Waals surface area contributed by atoms with Crippen LogP contribution in [0.25, 0.3) is 0 Å². The number of hydrogen-bond donors (Lipinski definition) is 2. The van der Waals surface area contributed by atoms with Crippen LogP contribution < -0.4 is 10.0 Å². The molecule has 1 aromatic heterocycles. The topological polar surface area (TPSA) is 80.3 Å². The lowest BCUT2D eigenvalue weighted by atomic mass is 9.87. The molecule has 0 saturated heterocycles. The number of anilines is 2. The van der Waals surface area contributed by atoms with E-state index < -0.39 is 10.0 Å². The lowest BCUT2D eigenvalue weighted by molar-refractivity contribution is 0.211. The van der Waals surface area contributed by atoms with Crippen molar-refractivity contribution < 1.29 is 13.2 Å². The summed E-state index contributed by atoms with van der Waals surface area (Å²) in [6.45, 7) is 7.49. The Labute approximate surface area is 149 Å². The molecule has 1 heterocycles. The van der Waals surface area contributed by atoms with Gasteiger partial charge in [-0.15, -0.1) is 0 Å². The van der Waals surface area contributed by atoms with Crippen molar-refractivity contribution in [3.05, 3.63) is 48.2 Å². The van der Waals surface area contributed by atoms with E-state index in [9.17, 15) is 8.42 Å². The normalized spacial score (nSPS) is 12.0. The van der Waals surface area contributed by atoms with Crippen LogP contribution in [0.2, 0.25) is 0 Å². The zero-order chi connectivity index (χ0) is 18.5. The quantitative estimate of drug-likeness (QED) is 0.738. The number of benzene rings is 1. The number of sulfonamides is 1. The summed E-state index contributed by atoms with van der Waals surface area (Å²) in [5.41, 5.74) is 1.86. The summed E-state index contributed by atoms with van der Waals surface area (Å²) in [4.78, 5) is 4.34. The third kappa shape index (κ3) is 5.44. The first-order valence-electron chi connectivity index (χ1n) is 8.04. The van der Waals surface area contributed by atoms with Gasteiger partial charge in [-0.3, -0.25) is 4.72 Å². The van der Waals surface area contributed by atoms with Gasteiger partial charge in [-0.25, -0.2) is 13.4 Å². The Bertz CT molecular complexity index is 780. The molecule has 0 aliphatic rings. The van der Waals surface area contributed by atoms with Crippen LogP contribution >= 0.6 is 0 Å². The first kappa shape index (κ1) is 19.2. The van der Waals surface area contributed by atoms with E-state index in [1.807, 2.05) is 12.1 Å². The van der Waals surface area contributed by atoms with Crippen molar-refractivity contribution in [3.63, 3.8) is 0 Å². The summed E-state index contributed by atoms with van der Waals surface area (Å²) in [5, 5.41) is 3.12. The highest BCUT2D eigenvalue weighted by Gasteiger charge is 2.18. The third-order valence-corrected chi connectivity index (χ3v) is 5.04. The average Bonchev–Trinajstić information content (AvgIpc) is 2.56. The Morgan fingerprint density at radius 3 is 2.28 bits per heavy atom. The monoisotopic (exact) mass is 363 g/mol. The number of aromatic nitrogens is 1. The van der Waals surface area contributed by atoms with Gasteiger partial charge in [0.1, 0.15) is 5.82 Å². The lowest BCUT2D eigenvalue weighted by Crippen LogP contribution is -2.15. The largest absolute Gasteiger partial charge is 0.383 e. The van der Waals surface area contributed by atoms with E-state index in [1.165, 1.54) is 0 Å². The van der Waals surface area contributed by atoms with Crippen molar-refractivity contribution in [1.82, 2.24) is 4.98 Å². The Kier molecular flexibility index (Phi) is 6.02. The molecule has 0 unspecified atom stereocenters. The molecule has 0 saturated carbocycles. The van der Waals surface area contributed by atoms with Gasteiger partial charge in [-0.1, -0.05) is 32.9 Å². The number of methoxy groups -OCH3 is 1. The predicted molar refractivity (Wildman–Crippen MR) is 101 cm³/mol. The molecule has 25 heavy (non-hydrogen) atoms. The molecule has 0 fully saturated rings. The molecular formula is C18H25N3O3S. The SMILES string of the molecule is COCCNc1ccc(NS(=O)(=O)c2ccc(C(C)(C)C)cc2)nc1. The number of ether oxygens (including phenoxy) is 1. The van der Waals surface area contributed by atoms with Gasteiger partial charge in [0, 0.05) is 13.7 Å². The number of pyridine rings is 1. The maximum atomic E-state index is 12.5. The van der Waals surface area contributed by atoms with Crippen LogP contribution in [0.15, 0.2) is 47.5 Å². The van der Waals surface area contributed by atoms with E-state index in [-0.39, 0.29) is 16.1 Å². The Hall–Kier alpha value is -2.12. The summed E-state index contributed by atoms with van der Waals surface area (Å²) in [6.07, 6.45) is 1.58. The average molecular weight is 363 g/mol. The summed E-state index contributed by atoms with van der Waals surface area (Å²) >= 11 is 0. The van der Waals surface area contributed by atoms with Crippen LogP contribution in [-0.2, 0) is 20.2 Å². The van der Waals surface area contributed by atoms with Crippen molar-refractivity contribution >= 4 is 21.5 Å². The highest BCUT2D eigenvalue weighted by molar-refractivity contribution is 7.92. The zero-order valence-corrected chi connectivity index (χ0v) is 15.9. The molecule has 136 valence electrons. The second kappa shape index (κ2) is 7.84. The molecule has 6 nitrogen and oxygen atoms in total. The third-order valence-electron chi connectivity index (χ3n) is 3.67. The van der Waals surface area contributed by atoms with E-state index in [4.69, 9.17) is 4.74 Å². The fourth-order valence-corrected chi connectivity index (χ4v) is 3.20. The molecule has 0 spiro atoms. The van der Waals surface area contributed by atoms with Gasteiger partial charge in [0.2, 0.25) is 0 Å². The molecule has 2 N–H and O–H groups in total. The van der Waals surface area contributed by atoms with Gasteiger partial charge in [0.05, 0.1) is 23.4 Å². The standard InChI is InChI=1S/C18H25N3O3S/c1-18(2,3)14-5-8-16(9-6-14)25(22,23)21-17-10-7-15(13-20-17)19-11-12-24-4/h5-10,13,19H,11-12H2,1-4H3,(H,20,21). The van der Waals surface area contributed by atoms with Crippen molar-refractivity contribution in [2.24, 2.45) is 0 Å². The van der Waals surface area contributed by atoms with Crippen LogP contribution in [-0.4, -0.2) is 33.7 Å². The molecule has 0 aliphatic heterocycles. The summed E-state index contributed by atoms with van der Waals surface area (Å²) in [7, 11) is -2.03. The smallest absolute Gasteiger partial charge is 0.263 e. The number of nitrogens with zero attached hydrogens (tertiary/aromatic N) is 1. The molecule has 1 aromatic carbocycles. The van der Waals surface area contributed by atoms with Crippen molar-refractivity contribution in [1.29, 1.82) is 0 Å². The van der Waals surface area contributed by atoms with Gasteiger partial charge >= 0.3 is 0 Å². The Morgan fingerprint density at radius 1 is 1.08 bits per heavy atom. The van der Waals surface area contributed by atoms with Gasteiger partial charge in [-0.2, -0.15) is 0 Å². The summed E-state index contributed by atoms with van der Waals surface area (Å²) < 4.78 is 32.4. The number of hydrogen-bond acceptors (Lipinski definition) is 5. The van der Waals surface area contributed by atoms with Gasteiger partial charge < -0.3 is 10.1 Å². The van der Waals surface area contributed by atoms with E-state index in [1.54, 1.807) is 37.6 Å². The molecule has 2 aromatic rings. The number of nitrogens with one attached hydrogen (secondary N) is 2. The molecule has 7 heteroatoms. The highest BCUT2D eigenvalue weighted by atomic mass is 32.2. The summed E-state index contributed by atoms with van der Waals surface area (Å²) in [6, 6.07) is 10.3. The second-order valence-electron chi connectivity index (χ2n) is 6.73. The molecule has 0 amide bonds. The number of rotatable bonds is 7. The van der Waals surface area contributed by atoms with Gasteiger partial charge in [0.25, 0.3) is 10.0 Å². The van der Waals surface area contributed by atoms with E-state index in [2.05, 4.69) is 35.8 Å². The predicted octanol–water partition coefficient (Wildman–Crippen LogP) is 3.24. The fourth-order valence-electron chi connectivity index (χ4n) is 2.19. The minimum absolute atomic E-state index is 0.0249. The van der Waals surface area contributed by atoms with Crippen LogP contribution in [0.3, 0.4) is 0 Å². The molecule has 2 rings (SSSR count). The summed E-state index contributed by atoms with van der Waals surface area (Å²) in [5.74, 6) is 0.275. The van der Waals surface area contributed by atoms with E-state index in [0.29, 0.717) is 13.2 Å². The fraction of sp³-hybridized carbons (Fsp3) is 0.389. The molecule has 0 atom stereocenters. The second-order valence-corrected chi connectivity index (χ2v) is 8.41. The highest BCUT2D eigenvalue weighted by Crippen LogP contribution is 2.24. The van der Waals surface area contributed by atoms with Crippen molar-refractivity contribution in [2.45, 2.75) is 31.1 Å². The minimum Gasteiger partial charge on any atom is -0.383 e. The maximum absolute atomic E-state index is 12.5. The van der Waals surface area contributed by atoms with Crippen LogP contribution in [0, 0.1) is 0 Å². The van der Waals surface area contributed by atoms with Crippen LogP contribution in [0.4, 0.5) is 11.5 Å². The first-order valence-corrected chi connectivity index (χ1v) is 9.53. The zero-order valence-electron chi connectivity index (χ0n) is 15.0. The van der Waals surface area contributed by atoms with Gasteiger partial charge in [0.15, 0.2) is 0 Å². The maximum Gasteiger partial charge on any atom is 0.263 e. The first-order chi connectivity index (χ1) is 11.7. The Balaban J connectivity index is 2.08. The Morgan fingerprint density at radius 2 is 1.76 bits per heavy atom. The molecule has 0 radical (unpaired) electrons. The van der Waals surface area contributed by atoms with Crippen LogP contribution in [0.1, 0.15) is 26.3 Å². The molecule has 0 bridgehead atoms. The van der Waals surface area contributed by atoms with Gasteiger partial charge in [-0.05, 0) is 35.2 Å². The van der Waals surface area contributed by atoms with Crippen LogP contribution in [0.5, 0.6) is 0 Å². The minimum atomic E-state index is -3.66. The van der Waals surface area contributed by atoms with E-state index in [0.717, 1.165) is 11.3 Å². The molecular weight excluding hydrogens is 338 g/mol. The van der Waals surface area contributed by atoms with E-state index >= 15 is 0 Å². The van der Waals surface area contributed by atoms with Crippen molar-refractivity contribution in [2.75, 3.05) is 30.3 Å². The molecule has 0 aliphatic carbocycles. The lowest BCUT2D eigenvalue weighted by Gasteiger charge is -2.19. The van der Waals surface area contributed by atoms with Crippen molar-refractivity contribution in [3.8, 4) is 0 Å².